The summed E-state index contributed by atoms with van der Waals surface area (Å²) in [5, 5.41) is 10.1. The normalized spacial score (nSPS) is 15.5. The third kappa shape index (κ3) is 5.76. The maximum atomic E-state index is 13.1. The average Bonchev–Trinajstić information content (AvgIpc) is 2.94. The van der Waals surface area contributed by atoms with Crippen molar-refractivity contribution in [2.75, 3.05) is 45.4 Å². The zero-order chi connectivity index (χ0) is 26.9. The fourth-order valence-electron chi connectivity index (χ4n) is 4.31. The highest BCUT2D eigenvalue weighted by Gasteiger charge is 2.42. The van der Waals surface area contributed by atoms with Crippen LogP contribution in [0.1, 0.15) is 25.3 Å². The second-order valence-electron chi connectivity index (χ2n) is 8.20. The van der Waals surface area contributed by atoms with Gasteiger partial charge in [-0.15, -0.1) is 0 Å². The van der Waals surface area contributed by atoms with E-state index in [2.05, 4.69) is 24.8 Å². The topological polar surface area (TPSA) is 118 Å². The van der Waals surface area contributed by atoms with Crippen LogP contribution < -0.4 is 15.4 Å². The molecule has 2 aromatic carbocycles. The Hall–Kier alpha value is -4.29. The first-order valence-corrected chi connectivity index (χ1v) is 12.0. The van der Waals surface area contributed by atoms with Gasteiger partial charge in [-0.25, -0.2) is 9.59 Å². The lowest BCUT2D eigenvalue weighted by Gasteiger charge is -2.35. The van der Waals surface area contributed by atoms with Crippen LogP contribution in [0.2, 0.25) is 0 Å². The molecule has 0 aromatic heterocycles. The Balaban J connectivity index is 2.10. The van der Waals surface area contributed by atoms with Crippen LogP contribution in [0.15, 0.2) is 77.3 Å². The molecule has 1 atom stereocenters. The van der Waals surface area contributed by atoms with Crippen molar-refractivity contribution in [2.24, 2.45) is 5.73 Å². The number of likely N-dealkylation sites (N-methyl/N-ethyl adjacent to an activating group) is 1. The van der Waals surface area contributed by atoms with Gasteiger partial charge in [-0.3, -0.25) is 4.90 Å². The molecule has 1 aliphatic heterocycles. The van der Waals surface area contributed by atoms with Crippen LogP contribution in [0, 0.1) is 11.3 Å². The first-order valence-electron chi connectivity index (χ1n) is 12.0. The number of rotatable bonds is 10. The summed E-state index contributed by atoms with van der Waals surface area (Å²) in [6.45, 7) is 7.39. The van der Waals surface area contributed by atoms with Gasteiger partial charge in [0.25, 0.3) is 0 Å². The average molecular weight is 505 g/mol. The van der Waals surface area contributed by atoms with Crippen LogP contribution in [0.3, 0.4) is 0 Å². The molecule has 3 rings (SSSR count). The van der Waals surface area contributed by atoms with E-state index in [1.54, 1.807) is 48.5 Å². The molecule has 1 heterocycles. The second kappa shape index (κ2) is 12.6. The van der Waals surface area contributed by atoms with Crippen molar-refractivity contribution >= 4 is 17.6 Å². The fraction of sp³-hybridized carbons (Fsp3) is 0.321. The molecular formula is C28H32N4O5. The van der Waals surface area contributed by atoms with Crippen molar-refractivity contribution in [3.8, 4) is 11.8 Å². The minimum Gasteiger partial charge on any atom is -0.492 e. The van der Waals surface area contributed by atoms with E-state index in [0.29, 0.717) is 23.6 Å². The molecule has 0 saturated carbocycles. The first-order chi connectivity index (χ1) is 17.9. The number of hydrogen-bond donors (Lipinski definition) is 1. The number of hydrogen-bond acceptors (Lipinski definition) is 9. The number of benzene rings is 2. The molecule has 0 saturated heterocycles. The summed E-state index contributed by atoms with van der Waals surface area (Å²) in [6, 6.07) is 17.9. The molecule has 0 amide bonds. The molecule has 0 bridgehead atoms. The molecule has 2 aromatic rings. The van der Waals surface area contributed by atoms with Crippen molar-refractivity contribution in [2.45, 2.75) is 19.8 Å². The SMILES string of the molecule is CCN(CC)CCOc1ccc(N2C(N)=C(C#N)C(c3ccccc3)C(C(=O)OC)=C2C(=O)OC)cc1. The summed E-state index contributed by atoms with van der Waals surface area (Å²) in [6.07, 6.45) is 0. The van der Waals surface area contributed by atoms with Gasteiger partial charge >= 0.3 is 11.9 Å². The van der Waals surface area contributed by atoms with Gasteiger partial charge < -0.3 is 24.8 Å². The minimum absolute atomic E-state index is 0.0135. The Morgan fingerprint density at radius 1 is 1.00 bits per heavy atom. The number of ether oxygens (including phenoxy) is 3. The van der Waals surface area contributed by atoms with Gasteiger partial charge in [0.1, 0.15) is 23.9 Å². The predicted octanol–water partition coefficient (Wildman–Crippen LogP) is 3.30. The largest absolute Gasteiger partial charge is 0.492 e. The van der Waals surface area contributed by atoms with Gasteiger partial charge in [0.15, 0.2) is 0 Å². The van der Waals surface area contributed by atoms with Gasteiger partial charge in [-0.1, -0.05) is 44.2 Å². The predicted molar refractivity (Wildman–Crippen MR) is 139 cm³/mol. The molecule has 1 unspecified atom stereocenters. The number of esters is 2. The number of anilines is 1. The summed E-state index contributed by atoms with van der Waals surface area (Å²) in [7, 11) is 2.43. The molecule has 0 fully saturated rings. The van der Waals surface area contributed by atoms with Crippen LogP contribution in [0.5, 0.6) is 5.75 Å². The number of nitrogens with two attached hydrogens (primary N) is 1. The number of nitriles is 1. The van der Waals surface area contributed by atoms with E-state index in [0.717, 1.165) is 19.6 Å². The van der Waals surface area contributed by atoms with Crippen LogP contribution >= 0.6 is 0 Å². The van der Waals surface area contributed by atoms with E-state index in [-0.39, 0.29) is 22.7 Å². The fourth-order valence-corrected chi connectivity index (χ4v) is 4.31. The highest BCUT2D eigenvalue weighted by Crippen LogP contribution is 2.43. The van der Waals surface area contributed by atoms with Crippen LogP contribution in [0.4, 0.5) is 5.69 Å². The molecular weight excluding hydrogens is 472 g/mol. The Morgan fingerprint density at radius 2 is 1.62 bits per heavy atom. The van der Waals surface area contributed by atoms with Gasteiger partial charge in [-0.2, -0.15) is 5.26 Å². The Labute approximate surface area is 217 Å². The Morgan fingerprint density at radius 3 is 2.16 bits per heavy atom. The van der Waals surface area contributed by atoms with Crippen molar-refractivity contribution in [1.82, 2.24) is 4.90 Å². The zero-order valence-corrected chi connectivity index (χ0v) is 21.6. The van der Waals surface area contributed by atoms with Crippen LogP contribution in [-0.2, 0) is 19.1 Å². The molecule has 2 N–H and O–H groups in total. The smallest absolute Gasteiger partial charge is 0.355 e. The summed E-state index contributed by atoms with van der Waals surface area (Å²) in [5.41, 5.74) is 7.54. The van der Waals surface area contributed by atoms with Crippen molar-refractivity contribution in [1.29, 1.82) is 5.26 Å². The third-order valence-corrected chi connectivity index (χ3v) is 6.28. The number of carbonyl (C=O) groups excluding carboxylic acids is 2. The highest BCUT2D eigenvalue weighted by atomic mass is 16.5. The molecule has 1 aliphatic rings. The quantitative estimate of drug-likeness (QED) is 0.486. The monoisotopic (exact) mass is 504 g/mol. The van der Waals surface area contributed by atoms with Crippen molar-refractivity contribution in [3.63, 3.8) is 0 Å². The Bertz CT molecular complexity index is 1210. The van der Waals surface area contributed by atoms with Crippen molar-refractivity contribution in [3.05, 3.63) is 82.8 Å². The van der Waals surface area contributed by atoms with E-state index in [9.17, 15) is 14.9 Å². The molecule has 9 heteroatoms. The van der Waals surface area contributed by atoms with Gasteiger partial charge in [0, 0.05) is 12.2 Å². The van der Waals surface area contributed by atoms with E-state index in [1.807, 2.05) is 6.07 Å². The van der Waals surface area contributed by atoms with Crippen molar-refractivity contribution < 1.29 is 23.8 Å². The van der Waals surface area contributed by atoms with E-state index < -0.39 is 17.9 Å². The van der Waals surface area contributed by atoms with Gasteiger partial charge in [-0.05, 0) is 42.9 Å². The molecule has 9 nitrogen and oxygen atoms in total. The van der Waals surface area contributed by atoms with E-state index in [1.165, 1.54) is 19.1 Å². The summed E-state index contributed by atoms with van der Waals surface area (Å²) >= 11 is 0. The first kappa shape index (κ1) is 27.3. The van der Waals surface area contributed by atoms with Gasteiger partial charge in [0.05, 0.1) is 37.4 Å². The van der Waals surface area contributed by atoms with Crippen LogP contribution in [-0.4, -0.2) is 57.3 Å². The summed E-state index contributed by atoms with van der Waals surface area (Å²) < 4.78 is 16.0. The lowest BCUT2D eigenvalue weighted by molar-refractivity contribution is -0.139. The molecule has 0 spiro atoms. The lowest BCUT2D eigenvalue weighted by Crippen LogP contribution is -2.40. The number of carbonyl (C=O) groups is 2. The minimum atomic E-state index is -0.910. The zero-order valence-electron chi connectivity index (χ0n) is 21.6. The third-order valence-electron chi connectivity index (χ3n) is 6.28. The lowest BCUT2D eigenvalue weighted by atomic mass is 9.81. The second-order valence-corrected chi connectivity index (χ2v) is 8.20. The number of allylic oxidation sites excluding steroid dienone is 1. The van der Waals surface area contributed by atoms with Gasteiger partial charge in [0.2, 0.25) is 0 Å². The Kier molecular flexibility index (Phi) is 9.30. The number of methoxy groups -OCH3 is 2. The van der Waals surface area contributed by atoms with E-state index in [4.69, 9.17) is 19.9 Å². The van der Waals surface area contributed by atoms with E-state index >= 15 is 0 Å². The molecule has 37 heavy (non-hydrogen) atoms. The highest BCUT2D eigenvalue weighted by molar-refractivity contribution is 6.06. The molecule has 0 radical (unpaired) electrons. The molecule has 0 aliphatic carbocycles. The maximum absolute atomic E-state index is 13.1. The number of nitrogens with zero attached hydrogens (tertiary/aromatic N) is 3. The standard InChI is InChI=1S/C28H32N4O5/c1-5-31(6-2)16-17-37-21-14-12-20(13-15-21)32-25(28(34)36-4)24(27(33)35-3)23(22(18-29)26(32)30)19-10-8-7-9-11-19/h7-15,23H,5-6,16-17,30H2,1-4H3. The van der Waals surface area contributed by atoms with Crippen LogP contribution in [0.25, 0.3) is 0 Å². The summed E-state index contributed by atoms with van der Waals surface area (Å²) in [5.74, 6) is -1.82. The molecule has 194 valence electrons. The summed E-state index contributed by atoms with van der Waals surface area (Å²) in [4.78, 5) is 29.8. The maximum Gasteiger partial charge on any atom is 0.355 e.